The van der Waals surface area contributed by atoms with Crippen molar-refractivity contribution in [3.05, 3.63) is 86.6 Å². The Morgan fingerprint density at radius 2 is 1.85 bits per heavy atom. The molecular weight excluding hydrogens is 392 g/mol. The van der Waals surface area contributed by atoms with Crippen LogP contribution in [0.25, 0.3) is 11.3 Å². The molecular formula is C19H14Cl2FN3O2. The highest BCUT2D eigenvalue weighted by Crippen LogP contribution is 2.20. The van der Waals surface area contributed by atoms with Crippen molar-refractivity contribution in [2.24, 2.45) is 0 Å². The lowest BCUT2D eigenvalue weighted by molar-refractivity contribution is 0.0952. The number of rotatable bonds is 5. The molecule has 0 aliphatic heterocycles. The quantitative estimate of drug-likeness (QED) is 0.702. The minimum atomic E-state index is -0.361. The third-order valence-electron chi connectivity index (χ3n) is 3.83. The molecule has 138 valence electrons. The van der Waals surface area contributed by atoms with E-state index in [0.29, 0.717) is 21.8 Å². The van der Waals surface area contributed by atoms with Crippen molar-refractivity contribution in [1.29, 1.82) is 0 Å². The Bertz CT molecular complexity index is 1040. The molecule has 1 N–H and O–H groups in total. The van der Waals surface area contributed by atoms with Gasteiger partial charge in [-0.3, -0.25) is 14.2 Å². The fourth-order valence-corrected chi connectivity index (χ4v) is 2.93. The lowest BCUT2D eigenvalue weighted by Gasteiger charge is -2.09. The number of nitrogens with zero attached hydrogens (tertiary/aromatic N) is 2. The molecule has 0 fully saturated rings. The molecule has 0 atom stereocenters. The van der Waals surface area contributed by atoms with Crippen molar-refractivity contribution in [2.75, 3.05) is 6.54 Å². The van der Waals surface area contributed by atoms with Crippen LogP contribution in [-0.2, 0) is 6.54 Å². The molecule has 1 aromatic heterocycles. The minimum Gasteiger partial charge on any atom is -0.350 e. The minimum absolute atomic E-state index is 0.218. The van der Waals surface area contributed by atoms with Crippen molar-refractivity contribution in [3.63, 3.8) is 0 Å². The Hall–Kier alpha value is -2.70. The van der Waals surface area contributed by atoms with Gasteiger partial charge in [-0.05, 0) is 42.5 Å². The van der Waals surface area contributed by atoms with Crippen LogP contribution >= 0.6 is 23.2 Å². The third-order valence-corrected chi connectivity index (χ3v) is 4.38. The van der Waals surface area contributed by atoms with Crippen molar-refractivity contribution in [1.82, 2.24) is 14.9 Å². The van der Waals surface area contributed by atoms with E-state index in [1.165, 1.54) is 41.2 Å². The molecule has 0 bridgehead atoms. The van der Waals surface area contributed by atoms with Crippen molar-refractivity contribution in [2.45, 2.75) is 6.54 Å². The first-order valence-corrected chi connectivity index (χ1v) is 8.75. The van der Waals surface area contributed by atoms with Gasteiger partial charge in [-0.2, -0.15) is 0 Å². The maximum Gasteiger partial charge on any atom is 0.253 e. The van der Waals surface area contributed by atoms with E-state index in [9.17, 15) is 14.0 Å². The summed E-state index contributed by atoms with van der Waals surface area (Å²) in [5, 5.41) is 3.38. The van der Waals surface area contributed by atoms with Crippen LogP contribution in [0.1, 0.15) is 10.4 Å². The molecule has 0 spiro atoms. The standard InChI is InChI=1S/C19H14Cl2FN3O2/c20-13-3-6-15(16(21)9-13)19(27)23-7-8-25-11-24-17(10-18(25)26)12-1-4-14(22)5-2-12/h1-6,9-11H,7-8H2,(H,23,27). The van der Waals surface area contributed by atoms with E-state index < -0.39 is 0 Å². The van der Waals surface area contributed by atoms with E-state index in [1.807, 2.05) is 0 Å². The van der Waals surface area contributed by atoms with Crippen molar-refractivity contribution in [3.8, 4) is 11.3 Å². The molecule has 0 unspecified atom stereocenters. The Morgan fingerprint density at radius 3 is 2.52 bits per heavy atom. The molecule has 2 aromatic carbocycles. The van der Waals surface area contributed by atoms with Gasteiger partial charge < -0.3 is 5.32 Å². The molecule has 0 aliphatic rings. The predicted octanol–water partition coefficient (Wildman–Crippen LogP) is 3.79. The Kier molecular flexibility index (Phi) is 5.88. The maximum absolute atomic E-state index is 13.0. The molecule has 5 nitrogen and oxygen atoms in total. The zero-order valence-corrected chi connectivity index (χ0v) is 15.5. The van der Waals surface area contributed by atoms with Gasteiger partial charge in [-0.15, -0.1) is 0 Å². The highest BCUT2D eigenvalue weighted by molar-refractivity contribution is 6.36. The van der Waals surface area contributed by atoms with Gasteiger partial charge in [0.1, 0.15) is 5.82 Å². The lowest BCUT2D eigenvalue weighted by atomic mass is 10.1. The first-order valence-electron chi connectivity index (χ1n) is 8.00. The van der Waals surface area contributed by atoms with Crippen LogP contribution in [-0.4, -0.2) is 22.0 Å². The van der Waals surface area contributed by atoms with Crippen LogP contribution in [0.15, 0.2) is 59.7 Å². The van der Waals surface area contributed by atoms with Crippen molar-refractivity contribution < 1.29 is 9.18 Å². The van der Waals surface area contributed by atoms with E-state index in [0.717, 1.165) is 0 Å². The Labute approximate surface area is 164 Å². The van der Waals surface area contributed by atoms with E-state index in [-0.39, 0.29) is 35.4 Å². The highest BCUT2D eigenvalue weighted by atomic mass is 35.5. The topological polar surface area (TPSA) is 64.0 Å². The van der Waals surface area contributed by atoms with Gasteiger partial charge in [0, 0.05) is 29.7 Å². The zero-order chi connectivity index (χ0) is 19.4. The summed E-state index contributed by atoms with van der Waals surface area (Å²) >= 11 is 11.8. The summed E-state index contributed by atoms with van der Waals surface area (Å²) in [5.74, 6) is -0.718. The van der Waals surface area contributed by atoms with Crippen LogP contribution in [0, 0.1) is 5.82 Å². The van der Waals surface area contributed by atoms with Gasteiger partial charge in [-0.25, -0.2) is 9.37 Å². The Balaban J connectivity index is 1.63. The number of amides is 1. The molecule has 27 heavy (non-hydrogen) atoms. The number of carbonyl (C=O) groups is 1. The first kappa shape index (κ1) is 19.1. The zero-order valence-electron chi connectivity index (χ0n) is 14.0. The average molecular weight is 406 g/mol. The van der Waals surface area contributed by atoms with E-state index in [4.69, 9.17) is 23.2 Å². The summed E-state index contributed by atoms with van der Waals surface area (Å²) < 4.78 is 14.4. The number of hydrogen-bond donors (Lipinski definition) is 1. The predicted molar refractivity (Wildman–Crippen MR) is 103 cm³/mol. The summed E-state index contributed by atoms with van der Waals surface area (Å²) in [4.78, 5) is 28.6. The van der Waals surface area contributed by atoms with Crippen LogP contribution in [0.2, 0.25) is 10.0 Å². The second-order valence-electron chi connectivity index (χ2n) is 5.69. The molecule has 0 saturated carbocycles. The molecule has 8 heteroatoms. The number of aromatic nitrogens is 2. The van der Waals surface area contributed by atoms with Gasteiger partial charge in [-0.1, -0.05) is 23.2 Å². The molecule has 0 saturated heterocycles. The molecule has 3 rings (SSSR count). The fraction of sp³-hybridized carbons (Fsp3) is 0.105. The highest BCUT2D eigenvalue weighted by Gasteiger charge is 2.10. The maximum atomic E-state index is 13.0. The summed E-state index contributed by atoms with van der Waals surface area (Å²) in [7, 11) is 0. The lowest BCUT2D eigenvalue weighted by Crippen LogP contribution is -2.31. The number of carbonyl (C=O) groups excluding carboxylic acids is 1. The van der Waals surface area contributed by atoms with Gasteiger partial charge >= 0.3 is 0 Å². The smallest absolute Gasteiger partial charge is 0.253 e. The van der Waals surface area contributed by atoms with Crippen molar-refractivity contribution >= 4 is 29.1 Å². The van der Waals surface area contributed by atoms with Crippen LogP contribution < -0.4 is 10.9 Å². The second-order valence-corrected chi connectivity index (χ2v) is 6.54. The number of halogens is 3. The number of nitrogens with one attached hydrogen (secondary N) is 1. The Morgan fingerprint density at radius 1 is 1.11 bits per heavy atom. The van der Waals surface area contributed by atoms with Gasteiger partial charge in [0.2, 0.25) is 0 Å². The molecule has 0 radical (unpaired) electrons. The SMILES string of the molecule is O=C(NCCn1cnc(-c2ccc(F)cc2)cc1=O)c1ccc(Cl)cc1Cl. The molecule has 1 heterocycles. The van der Waals surface area contributed by atoms with Crippen LogP contribution in [0.3, 0.4) is 0 Å². The first-order chi connectivity index (χ1) is 12.9. The summed E-state index contributed by atoms with van der Waals surface area (Å²) in [6, 6.07) is 11.7. The normalized spacial score (nSPS) is 10.6. The largest absolute Gasteiger partial charge is 0.350 e. The van der Waals surface area contributed by atoms with Crippen LogP contribution in [0.5, 0.6) is 0 Å². The average Bonchev–Trinajstić information content (AvgIpc) is 2.63. The molecule has 1 amide bonds. The van der Waals surface area contributed by atoms with Gasteiger partial charge in [0.25, 0.3) is 11.5 Å². The monoisotopic (exact) mass is 405 g/mol. The second kappa shape index (κ2) is 8.33. The van der Waals surface area contributed by atoms with Gasteiger partial charge in [0.05, 0.1) is 22.6 Å². The number of benzene rings is 2. The third kappa shape index (κ3) is 4.72. The summed E-state index contributed by atoms with van der Waals surface area (Å²) in [6.45, 7) is 0.460. The van der Waals surface area contributed by atoms with E-state index >= 15 is 0 Å². The van der Waals surface area contributed by atoms with Crippen LogP contribution in [0.4, 0.5) is 4.39 Å². The summed E-state index contributed by atoms with van der Waals surface area (Å²) in [6.07, 6.45) is 1.39. The summed E-state index contributed by atoms with van der Waals surface area (Å²) in [5.41, 5.74) is 1.13. The van der Waals surface area contributed by atoms with E-state index in [1.54, 1.807) is 18.2 Å². The van der Waals surface area contributed by atoms with E-state index in [2.05, 4.69) is 10.3 Å². The number of hydrogen-bond acceptors (Lipinski definition) is 3. The van der Waals surface area contributed by atoms with Gasteiger partial charge in [0.15, 0.2) is 0 Å². The fourth-order valence-electron chi connectivity index (χ4n) is 2.43. The molecule has 0 aliphatic carbocycles. The molecule has 3 aromatic rings.